The highest BCUT2D eigenvalue weighted by Gasteiger charge is 2.30. The molecule has 120 valence electrons. The fraction of sp³-hybridized carbons (Fsp3) is 0.750. The molecule has 0 heterocycles. The van der Waals surface area contributed by atoms with E-state index in [0.29, 0.717) is 11.4 Å². The van der Waals surface area contributed by atoms with Crippen LogP contribution in [0, 0.1) is 0 Å². The first kappa shape index (κ1) is 17.7. The molecule has 0 fully saturated rings. The molecule has 0 bridgehead atoms. The number of anilines is 2. The summed E-state index contributed by atoms with van der Waals surface area (Å²) in [6, 6.07) is 0.393. The van der Waals surface area contributed by atoms with Gasteiger partial charge in [0.15, 0.2) is 0 Å². The summed E-state index contributed by atoms with van der Waals surface area (Å²) in [6.07, 6.45) is 0.963. The zero-order chi connectivity index (χ0) is 16.3. The Balaban J connectivity index is 2.97. The first-order valence-corrected chi connectivity index (χ1v) is 7.66. The number of hydrogen-bond acceptors (Lipinski definition) is 5. The molecule has 0 aromatic heterocycles. The molecule has 0 unspecified atom stereocenters. The van der Waals surface area contributed by atoms with Gasteiger partial charge in [0.25, 0.3) is 10.9 Å². The predicted octanol–water partition coefficient (Wildman–Crippen LogP) is 1.29. The van der Waals surface area contributed by atoms with E-state index in [9.17, 15) is 9.59 Å². The van der Waals surface area contributed by atoms with Crippen LogP contribution in [0.5, 0.6) is 0 Å². The summed E-state index contributed by atoms with van der Waals surface area (Å²) in [4.78, 5) is 30.1. The lowest BCUT2D eigenvalue weighted by molar-refractivity contribution is 0.401. The van der Waals surface area contributed by atoms with Crippen molar-refractivity contribution in [3.63, 3.8) is 0 Å². The molecule has 0 spiro atoms. The van der Waals surface area contributed by atoms with Crippen molar-refractivity contribution in [1.82, 2.24) is 4.90 Å². The molecule has 1 aromatic rings. The molecular weight excluding hydrogens is 266 g/mol. The van der Waals surface area contributed by atoms with Crippen molar-refractivity contribution < 1.29 is 0 Å². The third kappa shape index (κ3) is 3.84. The smallest absolute Gasteiger partial charge is 0.253 e. The van der Waals surface area contributed by atoms with Gasteiger partial charge in [-0.2, -0.15) is 0 Å². The Hall–Kier alpha value is -1.36. The van der Waals surface area contributed by atoms with E-state index in [1.54, 1.807) is 0 Å². The van der Waals surface area contributed by atoms with Crippen molar-refractivity contribution in [2.75, 3.05) is 44.0 Å². The summed E-state index contributed by atoms with van der Waals surface area (Å²) in [7, 11) is 5.96. The van der Waals surface area contributed by atoms with E-state index in [1.165, 1.54) is 0 Å². The third-order valence-corrected chi connectivity index (χ3v) is 3.71. The maximum absolute atomic E-state index is 12.0. The SMILES string of the molecule is CC(C)N(c1c(N(C)CCCN(C)C)c(=O)c1=O)C(C)C. The Bertz CT molecular complexity index is 520. The van der Waals surface area contributed by atoms with Crippen LogP contribution in [0.25, 0.3) is 0 Å². The van der Waals surface area contributed by atoms with Crippen molar-refractivity contribution in [1.29, 1.82) is 0 Å². The second-order valence-electron chi connectivity index (χ2n) is 6.53. The van der Waals surface area contributed by atoms with Crippen LogP contribution in [0.4, 0.5) is 11.4 Å². The van der Waals surface area contributed by atoms with Gasteiger partial charge in [0.2, 0.25) is 0 Å². The Kier molecular flexibility index (Phi) is 5.96. The lowest BCUT2D eigenvalue weighted by atomic mass is 10.1. The second kappa shape index (κ2) is 7.07. The molecule has 1 aromatic carbocycles. The molecule has 0 saturated heterocycles. The minimum absolute atomic E-state index is 0.197. The van der Waals surface area contributed by atoms with Gasteiger partial charge in [-0.25, -0.2) is 0 Å². The van der Waals surface area contributed by atoms with E-state index in [-0.39, 0.29) is 22.9 Å². The van der Waals surface area contributed by atoms with Gasteiger partial charge < -0.3 is 14.7 Å². The molecule has 0 atom stereocenters. The van der Waals surface area contributed by atoms with E-state index >= 15 is 0 Å². The van der Waals surface area contributed by atoms with Crippen molar-refractivity contribution >= 4 is 11.4 Å². The highest BCUT2D eigenvalue weighted by Crippen LogP contribution is 2.27. The molecule has 5 heteroatoms. The lowest BCUT2D eigenvalue weighted by Gasteiger charge is -2.36. The Labute approximate surface area is 127 Å². The summed E-state index contributed by atoms with van der Waals surface area (Å²) >= 11 is 0. The maximum Gasteiger partial charge on any atom is 0.253 e. The van der Waals surface area contributed by atoms with Gasteiger partial charge in [-0.1, -0.05) is 0 Å². The van der Waals surface area contributed by atoms with Crippen LogP contribution in [0.2, 0.25) is 0 Å². The molecule has 0 N–H and O–H groups in total. The first-order chi connectivity index (χ1) is 9.68. The minimum atomic E-state index is -0.344. The van der Waals surface area contributed by atoms with Crippen LogP contribution in [-0.2, 0) is 0 Å². The summed E-state index contributed by atoms with van der Waals surface area (Å²) in [5.74, 6) is 0. The largest absolute Gasteiger partial charge is 0.369 e. The summed E-state index contributed by atoms with van der Waals surface area (Å²) < 4.78 is 0. The topological polar surface area (TPSA) is 43.9 Å². The Morgan fingerprint density at radius 1 is 0.810 bits per heavy atom. The van der Waals surface area contributed by atoms with Crippen LogP contribution in [0.3, 0.4) is 0 Å². The van der Waals surface area contributed by atoms with E-state index in [2.05, 4.69) is 4.90 Å². The molecule has 21 heavy (non-hydrogen) atoms. The van der Waals surface area contributed by atoms with Crippen molar-refractivity contribution in [3.8, 4) is 0 Å². The van der Waals surface area contributed by atoms with E-state index in [4.69, 9.17) is 0 Å². The molecule has 0 saturated carbocycles. The van der Waals surface area contributed by atoms with Gasteiger partial charge in [-0.15, -0.1) is 0 Å². The molecule has 1 rings (SSSR count). The average molecular weight is 295 g/mol. The molecular formula is C16H29N3O2. The molecule has 0 aliphatic carbocycles. The number of rotatable bonds is 8. The van der Waals surface area contributed by atoms with Gasteiger partial charge in [0, 0.05) is 25.7 Å². The van der Waals surface area contributed by atoms with Gasteiger partial charge in [0.05, 0.1) is 0 Å². The van der Waals surface area contributed by atoms with Gasteiger partial charge >= 0.3 is 0 Å². The van der Waals surface area contributed by atoms with E-state index in [1.807, 2.05) is 58.6 Å². The zero-order valence-electron chi connectivity index (χ0n) is 14.4. The van der Waals surface area contributed by atoms with Crippen LogP contribution < -0.4 is 20.7 Å². The monoisotopic (exact) mass is 295 g/mol. The maximum atomic E-state index is 12.0. The molecule has 0 amide bonds. The summed E-state index contributed by atoms with van der Waals surface area (Å²) in [6.45, 7) is 9.94. The van der Waals surface area contributed by atoms with Gasteiger partial charge in [-0.05, 0) is 54.8 Å². The fourth-order valence-electron chi connectivity index (χ4n) is 2.81. The minimum Gasteiger partial charge on any atom is -0.369 e. The van der Waals surface area contributed by atoms with Crippen molar-refractivity contribution in [3.05, 3.63) is 20.4 Å². The number of hydrogen-bond donors (Lipinski definition) is 0. The van der Waals surface area contributed by atoms with E-state index in [0.717, 1.165) is 19.5 Å². The number of nitrogens with zero attached hydrogens (tertiary/aromatic N) is 3. The molecule has 0 aliphatic heterocycles. The Morgan fingerprint density at radius 3 is 1.71 bits per heavy atom. The highest BCUT2D eigenvalue weighted by atomic mass is 16.2. The second-order valence-corrected chi connectivity index (χ2v) is 6.53. The normalized spacial score (nSPS) is 11.9. The van der Waals surface area contributed by atoms with Crippen LogP contribution in [0.1, 0.15) is 34.1 Å². The summed E-state index contributed by atoms with van der Waals surface area (Å²) in [5.41, 5.74) is 0.494. The van der Waals surface area contributed by atoms with Crippen molar-refractivity contribution in [2.24, 2.45) is 0 Å². The van der Waals surface area contributed by atoms with Crippen LogP contribution in [0.15, 0.2) is 9.59 Å². The first-order valence-electron chi connectivity index (χ1n) is 7.66. The average Bonchev–Trinajstić information content (AvgIpc) is 2.36. The quantitative estimate of drug-likeness (QED) is 0.676. The van der Waals surface area contributed by atoms with Crippen molar-refractivity contribution in [2.45, 2.75) is 46.2 Å². The highest BCUT2D eigenvalue weighted by molar-refractivity contribution is 5.76. The Morgan fingerprint density at radius 2 is 1.29 bits per heavy atom. The lowest BCUT2D eigenvalue weighted by Crippen LogP contribution is -2.50. The molecule has 0 radical (unpaired) electrons. The van der Waals surface area contributed by atoms with Crippen LogP contribution in [-0.4, -0.2) is 51.2 Å². The van der Waals surface area contributed by atoms with E-state index < -0.39 is 0 Å². The van der Waals surface area contributed by atoms with Gasteiger partial charge in [0.1, 0.15) is 11.4 Å². The fourth-order valence-corrected chi connectivity index (χ4v) is 2.81. The third-order valence-electron chi connectivity index (χ3n) is 3.71. The predicted molar refractivity (Wildman–Crippen MR) is 90.5 cm³/mol. The van der Waals surface area contributed by atoms with Gasteiger partial charge in [-0.3, -0.25) is 9.59 Å². The van der Waals surface area contributed by atoms with Crippen LogP contribution >= 0.6 is 0 Å². The zero-order valence-corrected chi connectivity index (χ0v) is 14.4. The summed E-state index contributed by atoms with van der Waals surface area (Å²) in [5, 5.41) is 0. The standard InChI is InChI=1S/C16H29N3O2/c1-11(2)19(12(3)4)14-13(15(20)16(14)21)18(7)10-8-9-17(5)6/h11-12H,8-10H2,1-7H3. The molecule has 0 aliphatic rings. The molecule has 5 nitrogen and oxygen atoms in total.